The monoisotopic (exact) mass is 393 g/mol. The molecule has 0 saturated carbocycles. The van der Waals surface area contributed by atoms with Crippen molar-refractivity contribution >= 4 is 39.1 Å². The van der Waals surface area contributed by atoms with Gasteiger partial charge in [-0.05, 0) is 40.7 Å². The van der Waals surface area contributed by atoms with Gasteiger partial charge in [-0.3, -0.25) is 0 Å². The van der Waals surface area contributed by atoms with E-state index in [0.717, 1.165) is 0 Å². The molecule has 0 amide bonds. The van der Waals surface area contributed by atoms with Crippen LogP contribution < -0.4 is 5.32 Å². The highest BCUT2D eigenvalue weighted by Crippen LogP contribution is 2.36. The van der Waals surface area contributed by atoms with E-state index in [0.29, 0.717) is 11.0 Å². The van der Waals surface area contributed by atoms with Gasteiger partial charge in [0.05, 0.1) is 11.1 Å². The molecular formula is C15H12BrCl2F2N. The summed E-state index contributed by atoms with van der Waals surface area (Å²) in [6, 6.07) is 6.84. The Labute approximate surface area is 140 Å². The smallest absolute Gasteiger partial charge is 0.148 e. The van der Waals surface area contributed by atoms with Crippen molar-refractivity contribution < 1.29 is 8.78 Å². The third kappa shape index (κ3) is 3.39. The van der Waals surface area contributed by atoms with Crippen LogP contribution in [0.4, 0.5) is 8.78 Å². The number of rotatable bonds is 4. The van der Waals surface area contributed by atoms with Gasteiger partial charge in [-0.1, -0.05) is 42.3 Å². The summed E-state index contributed by atoms with van der Waals surface area (Å²) < 4.78 is 29.0. The van der Waals surface area contributed by atoms with E-state index in [1.165, 1.54) is 12.1 Å². The Morgan fingerprint density at radius 3 is 2.52 bits per heavy atom. The van der Waals surface area contributed by atoms with Gasteiger partial charge in [0.15, 0.2) is 0 Å². The zero-order valence-electron chi connectivity index (χ0n) is 11.1. The Hall–Kier alpha value is -0.680. The molecule has 1 nitrogen and oxygen atoms in total. The van der Waals surface area contributed by atoms with Crippen molar-refractivity contribution in [3.05, 3.63) is 67.6 Å². The molecule has 0 spiro atoms. The highest BCUT2D eigenvalue weighted by Gasteiger charge is 2.24. The van der Waals surface area contributed by atoms with E-state index < -0.39 is 17.7 Å². The lowest BCUT2D eigenvalue weighted by atomic mass is 9.97. The molecule has 6 heteroatoms. The molecule has 0 aliphatic carbocycles. The van der Waals surface area contributed by atoms with Crippen molar-refractivity contribution in [2.75, 3.05) is 6.54 Å². The van der Waals surface area contributed by atoms with E-state index >= 15 is 0 Å². The third-order valence-corrected chi connectivity index (χ3v) is 4.66. The molecule has 1 N–H and O–H groups in total. The van der Waals surface area contributed by atoms with Gasteiger partial charge in [0, 0.05) is 20.6 Å². The molecule has 1 atom stereocenters. The van der Waals surface area contributed by atoms with Crippen LogP contribution >= 0.6 is 39.1 Å². The Balaban J connectivity index is 2.62. The minimum absolute atomic E-state index is 0.0390. The average Bonchev–Trinajstić information content (AvgIpc) is 2.44. The van der Waals surface area contributed by atoms with Crippen molar-refractivity contribution in [2.45, 2.75) is 13.0 Å². The maximum Gasteiger partial charge on any atom is 0.148 e. The van der Waals surface area contributed by atoms with Gasteiger partial charge in [0.2, 0.25) is 0 Å². The Morgan fingerprint density at radius 1 is 1.19 bits per heavy atom. The summed E-state index contributed by atoms with van der Waals surface area (Å²) in [5.41, 5.74) is 0.454. The lowest BCUT2D eigenvalue weighted by Gasteiger charge is -2.22. The van der Waals surface area contributed by atoms with Crippen LogP contribution in [0.2, 0.25) is 10.0 Å². The van der Waals surface area contributed by atoms with Crippen LogP contribution in [0, 0.1) is 11.6 Å². The molecule has 0 aromatic heterocycles. The Bertz CT molecular complexity index is 644. The van der Waals surface area contributed by atoms with Gasteiger partial charge in [-0.15, -0.1) is 0 Å². The molecule has 2 aromatic carbocycles. The molecule has 0 bridgehead atoms. The standard InChI is InChI=1S/C15H12BrCl2F2N/c1-2-21-15(12-10(17)4-3-5-11(12)19)8-6-7-9(16)13(18)14(8)20/h3-7,15,21H,2H2,1H3. The van der Waals surface area contributed by atoms with Crippen LogP contribution in [0.25, 0.3) is 0 Å². The first kappa shape index (κ1) is 16.7. The van der Waals surface area contributed by atoms with Crippen LogP contribution in [-0.4, -0.2) is 6.54 Å². The van der Waals surface area contributed by atoms with Gasteiger partial charge in [0.1, 0.15) is 11.6 Å². The van der Waals surface area contributed by atoms with Crippen molar-refractivity contribution in [1.29, 1.82) is 0 Å². The van der Waals surface area contributed by atoms with Crippen LogP contribution in [0.3, 0.4) is 0 Å². The Kier molecular flexibility index (Phi) is 5.60. The molecule has 0 aliphatic heterocycles. The van der Waals surface area contributed by atoms with Crippen molar-refractivity contribution in [3.63, 3.8) is 0 Å². The quantitative estimate of drug-likeness (QED) is 0.652. The largest absolute Gasteiger partial charge is 0.306 e. The number of hydrogen-bond acceptors (Lipinski definition) is 1. The molecule has 112 valence electrons. The lowest BCUT2D eigenvalue weighted by Crippen LogP contribution is -2.24. The molecule has 0 heterocycles. The average molecular weight is 395 g/mol. The molecule has 0 fully saturated rings. The first-order chi connectivity index (χ1) is 9.97. The topological polar surface area (TPSA) is 12.0 Å². The number of benzene rings is 2. The van der Waals surface area contributed by atoms with Crippen molar-refractivity contribution in [3.8, 4) is 0 Å². The first-order valence-electron chi connectivity index (χ1n) is 6.28. The van der Waals surface area contributed by atoms with Gasteiger partial charge >= 0.3 is 0 Å². The van der Waals surface area contributed by atoms with Gasteiger partial charge in [-0.2, -0.15) is 0 Å². The van der Waals surface area contributed by atoms with E-state index in [2.05, 4.69) is 21.2 Å². The number of hydrogen-bond donors (Lipinski definition) is 1. The zero-order valence-corrected chi connectivity index (χ0v) is 14.2. The van der Waals surface area contributed by atoms with E-state index in [-0.39, 0.29) is 21.2 Å². The molecule has 0 aliphatic rings. The predicted molar refractivity (Wildman–Crippen MR) is 86.0 cm³/mol. The van der Waals surface area contributed by atoms with Gasteiger partial charge in [-0.25, -0.2) is 8.78 Å². The van der Waals surface area contributed by atoms with E-state index in [1.807, 2.05) is 6.92 Å². The van der Waals surface area contributed by atoms with Crippen LogP contribution in [0.15, 0.2) is 34.8 Å². The minimum atomic E-state index is -0.714. The maximum atomic E-state index is 14.4. The summed E-state index contributed by atoms with van der Waals surface area (Å²) in [6.07, 6.45) is 0. The highest BCUT2D eigenvalue weighted by atomic mass is 79.9. The second-order valence-corrected chi connectivity index (χ2v) is 6.03. The second kappa shape index (κ2) is 7.05. The molecular weight excluding hydrogens is 383 g/mol. The number of halogens is 5. The Morgan fingerprint density at radius 2 is 1.90 bits per heavy atom. The first-order valence-corrected chi connectivity index (χ1v) is 7.83. The molecule has 21 heavy (non-hydrogen) atoms. The van der Waals surface area contributed by atoms with Crippen LogP contribution in [-0.2, 0) is 0 Å². The van der Waals surface area contributed by atoms with E-state index in [4.69, 9.17) is 23.2 Å². The zero-order chi connectivity index (χ0) is 15.6. The fourth-order valence-corrected chi connectivity index (χ4v) is 2.87. The second-order valence-electron chi connectivity index (χ2n) is 4.39. The molecule has 0 radical (unpaired) electrons. The van der Waals surface area contributed by atoms with Crippen molar-refractivity contribution in [2.24, 2.45) is 0 Å². The molecule has 0 saturated heterocycles. The summed E-state index contributed by atoms with van der Waals surface area (Å²) in [7, 11) is 0. The normalized spacial score (nSPS) is 12.5. The molecule has 2 rings (SSSR count). The fourth-order valence-electron chi connectivity index (χ4n) is 2.12. The van der Waals surface area contributed by atoms with Gasteiger partial charge < -0.3 is 5.32 Å². The predicted octanol–water partition coefficient (Wildman–Crippen LogP) is 5.73. The van der Waals surface area contributed by atoms with E-state index in [1.54, 1.807) is 18.2 Å². The highest BCUT2D eigenvalue weighted by molar-refractivity contribution is 9.10. The van der Waals surface area contributed by atoms with Gasteiger partial charge in [0.25, 0.3) is 0 Å². The fraction of sp³-hybridized carbons (Fsp3) is 0.200. The lowest BCUT2D eigenvalue weighted by molar-refractivity contribution is 0.530. The molecule has 2 aromatic rings. The summed E-state index contributed by atoms with van der Waals surface area (Å²) in [5.74, 6) is -1.09. The maximum absolute atomic E-state index is 14.4. The summed E-state index contributed by atoms with van der Waals surface area (Å²) in [6.45, 7) is 2.36. The summed E-state index contributed by atoms with van der Waals surface area (Å²) in [4.78, 5) is 0. The summed E-state index contributed by atoms with van der Waals surface area (Å²) in [5, 5.41) is 3.24. The van der Waals surface area contributed by atoms with Crippen LogP contribution in [0.1, 0.15) is 24.1 Å². The van der Waals surface area contributed by atoms with E-state index in [9.17, 15) is 8.78 Å². The third-order valence-electron chi connectivity index (χ3n) is 3.07. The number of nitrogens with one attached hydrogen (secondary N) is 1. The summed E-state index contributed by atoms with van der Waals surface area (Å²) >= 11 is 15.2. The van der Waals surface area contributed by atoms with Crippen molar-refractivity contribution in [1.82, 2.24) is 5.32 Å². The van der Waals surface area contributed by atoms with Crippen LogP contribution in [0.5, 0.6) is 0 Å². The SMILES string of the molecule is CCNC(c1ccc(Br)c(Cl)c1F)c1c(F)cccc1Cl. The minimum Gasteiger partial charge on any atom is -0.306 e. The molecule has 1 unspecified atom stereocenters.